The van der Waals surface area contributed by atoms with Crippen LogP contribution in [0.2, 0.25) is 0 Å². The fourth-order valence-corrected chi connectivity index (χ4v) is 7.50. The Morgan fingerprint density at radius 3 is 2.50 bits per heavy atom. The Labute approximate surface area is 193 Å². The molecule has 4 aliphatic carbocycles. The van der Waals surface area contributed by atoms with Crippen LogP contribution < -0.4 is 4.90 Å². The first-order valence-corrected chi connectivity index (χ1v) is 12.3. The molecule has 3 nitrogen and oxygen atoms in total. The second-order valence-corrected chi connectivity index (χ2v) is 10.9. The minimum atomic E-state index is -0.899. The van der Waals surface area contributed by atoms with E-state index in [2.05, 4.69) is 68.1 Å². The quantitative estimate of drug-likeness (QED) is 0.633. The fraction of sp³-hybridized carbons (Fsp3) is 0.586. The SMILES string of the molecule is CC#C[C@]1(O)CC[C@H]2[C@@H]3CCC4=C[C@H](O)CCC4=C3[C@@H](c3ccc(N(C)C)cc3)C[C@@]21C. The molecule has 170 valence electrons. The largest absolute Gasteiger partial charge is 0.389 e. The van der Waals surface area contributed by atoms with E-state index in [1.165, 1.54) is 22.4 Å². The van der Waals surface area contributed by atoms with E-state index in [-0.39, 0.29) is 11.5 Å². The molecule has 0 saturated heterocycles. The monoisotopic (exact) mass is 431 g/mol. The number of hydrogen-bond acceptors (Lipinski definition) is 3. The molecule has 0 unspecified atom stereocenters. The van der Waals surface area contributed by atoms with E-state index in [1.54, 1.807) is 5.57 Å². The summed E-state index contributed by atoms with van der Waals surface area (Å²) in [5, 5.41) is 22.0. The Kier molecular flexibility index (Phi) is 5.31. The normalized spacial score (nSPS) is 38.1. The van der Waals surface area contributed by atoms with Gasteiger partial charge in [0.1, 0.15) is 5.60 Å². The third-order valence-corrected chi connectivity index (χ3v) is 9.16. The molecule has 0 aliphatic heterocycles. The van der Waals surface area contributed by atoms with Gasteiger partial charge in [0.25, 0.3) is 0 Å². The van der Waals surface area contributed by atoms with Crippen LogP contribution in [-0.2, 0) is 0 Å². The molecule has 0 bridgehead atoms. The van der Waals surface area contributed by atoms with E-state index in [4.69, 9.17) is 0 Å². The molecule has 1 aromatic carbocycles. The minimum Gasteiger partial charge on any atom is -0.389 e. The van der Waals surface area contributed by atoms with Crippen molar-refractivity contribution < 1.29 is 10.2 Å². The van der Waals surface area contributed by atoms with Gasteiger partial charge in [0.2, 0.25) is 0 Å². The number of rotatable bonds is 2. The van der Waals surface area contributed by atoms with Crippen LogP contribution in [0.1, 0.15) is 70.3 Å². The Balaban J connectivity index is 1.66. The molecule has 0 heterocycles. The Bertz CT molecular complexity index is 1020. The average molecular weight is 432 g/mol. The first-order valence-electron chi connectivity index (χ1n) is 12.3. The van der Waals surface area contributed by atoms with Gasteiger partial charge in [-0.15, -0.1) is 5.92 Å². The van der Waals surface area contributed by atoms with Crippen molar-refractivity contribution >= 4 is 5.69 Å². The van der Waals surface area contributed by atoms with Gasteiger partial charge in [-0.2, -0.15) is 0 Å². The van der Waals surface area contributed by atoms with Crippen molar-refractivity contribution in [3.63, 3.8) is 0 Å². The van der Waals surface area contributed by atoms with Gasteiger partial charge in [-0.05, 0) is 92.5 Å². The molecule has 5 rings (SSSR count). The topological polar surface area (TPSA) is 43.7 Å². The lowest BCUT2D eigenvalue weighted by molar-refractivity contribution is -0.0514. The molecule has 0 amide bonds. The standard InChI is InChI=1S/C29H37NO2/c1-5-15-29(32)16-14-26-24-12-8-20-17-22(31)11-13-23(20)27(24)25(18-28(26,29)2)19-6-9-21(10-7-19)30(3)4/h6-7,9-10,17,22,24-26,31-32H,8,11-14,16,18H2,1-4H3/t22-,24+,25-,26+,28+,29+/m1/s1. The second-order valence-electron chi connectivity index (χ2n) is 10.9. The Hall–Kier alpha value is -2.02. The molecule has 2 N–H and O–H groups in total. The zero-order chi connectivity index (χ0) is 22.7. The lowest BCUT2D eigenvalue weighted by Crippen LogP contribution is -2.51. The van der Waals surface area contributed by atoms with Gasteiger partial charge in [0.15, 0.2) is 0 Å². The summed E-state index contributed by atoms with van der Waals surface area (Å²) in [6.45, 7) is 4.17. The zero-order valence-electron chi connectivity index (χ0n) is 20.0. The summed E-state index contributed by atoms with van der Waals surface area (Å²) in [7, 11) is 4.16. The smallest absolute Gasteiger partial charge is 0.131 e. The van der Waals surface area contributed by atoms with Gasteiger partial charge in [0, 0.05) is 31.1 Å². The minimum absolute atomic E-state index is 0.203. The van der Waals surface area contributed by atoms with Crippen molar-refractivity contribution in [2.75, 3.05) is 19.0 Å². The average Bonchev–Trinajstić information content (AvgIpc) is 3.03. The lowest BCUT2D eigenvalue weighted by Gasteiger charge is -2.54. The van der Waals surface area contributed by atoms with Crippen molar-refractivity contribution in [3.8, 4) is 11.8 Å². The molecule has 4 aliphatic rings. The number of anilines is 1. The van der Waals surface area contributed by atoms with E-state index >= 15 is 0 Å². The Morgan fingerprint density at radius 1 is 1.06 bits per heavy atom. The predicted octanol–water partition coefficient (Wildman–Crippen LogP) is 5.20. The highest BCUT2D eigenvalue weighted by Gasteiger charge is 2.62. The highest BCUT2D eigenvalue weighted by molar-refractivity contribution is 5.52. The van der Waals surface area contributed by atoms with E-state index in [0.29, 0.717) is 17.8 Å². The summed E-state index contributed by atoms with van der Waals surface area (Å²) in [4.78, 5) is 2.14. The van der Waals surface area contributed by atoms with Crippen LogP contribution in [0.3, 0.4) is 0 Å². The van der Waals surface area contributed by atoms with E-state index in [1.807, 2.05) is 6.92 Å². The fourth-order valence-electron chi connectivity index (χ4n) is 7.50. The zero-order valence-corrected chi connectivity index (χ0v) is 20.0. The van der Waals surface area contributed by atoms with E-state index in [9.17, 15) is 10.2 Å². The maximum atomic E-state index is 11.7. The summed E-state index contributed by atoms with van der Waals surface area (Å²) in [6.07, 6.45) is 8.58. The van der Waals surface area contributed by atoms with Crippen LogP contribution in [0.4, 0.5) is 5.69 Å². The summed E-state index contributed by atoms with van der Waals surface area (Å²) >= 11 is 0. The number of allylic oxidation sites excluding steroid dienone is 3. The molecule has 32 heavy (non-hydrogen) atoms. The molecule has 1 aromatic rings. The Morgan fingerprint density at radius 2 is 1.81 bits per heavy atom. The van der Waals surface area contributed by atoms with Crippen LogP contribution >= 0.6 is 0 Å². The number of hydrogen-bond donors (Lipinski definition) is 2. The molecule has 6 atom stereocenters. The van der Waals surface area contributed by atoms with Crippen molar-refractivity contribution in [1.82, 2.24) is 0 Å². The van der Waals surface area contributed by atoms with Crippen molar-refractivity contribution in [3.05, 3.63) is 52.6 Å². The number of aliphatic hydroxyl groups is 2. The summed E-state index contributed by atoms with van der Waals surface area (Å²) in [6, 6.07) is 9.04. The third-order valence-electron chi connectivity index (χ3n) is 9.16. The van der Waals surface area contributed by atoms with Crippen LogP contribution in [0.5, 0.6) is 0 Å². The van der Waals surface area contributed by atoms with Gasteiger partial charge in [-0.1, -0.05) is 36.6 Å². The van der Waals surface area contributed by atoms with Gasteiger partial charge in [-0.25, -0.2) is 0 Å². The molecular formula is C29H37NO2. The molecule has 3 heteroatoms. The third kappa shape index (κ3) is 3.18. The van der Waals surface area contributed by atoms with Crippen LogP contribution in [0.25, 0.3) is 0 Å². The number of aliphatic hydroxyl groups excluding tert-OH is 1. The van der Waals surface area contributed by atoms with Gasteiger partial charge >= 0.3 is 0 Å². The number of fused-ring (bicyclic) bond motifs is 4. The molecule has 0 spiro atoms. The molecule has 2 fully saturated rings. The maximum Gasteiger partial charge on any atom is 0.131 e. The van der Waals surface area contributed by atoms with Crippen molar-refractivity contribution in [2.24, 2.45) is 17.3 Å². The molecule has 0 radical (unpaired) electrons. The summed E-state index contributed by atoms with van der Waals surface area (Å²) < 4.78 is 0. The van der Waals surface area contributed by atoms with Crippen molar-refractivity contribution in [2.45, 2.75) is 76.4 Å². The maximum absolute atomic E-state index is 11.7. The van der Waals surface area contributed by atoms with Crippen molar-refractivity contribution in [1.29, 1.82) is 0 Å². The number of benzene rings is 1. The van der Waals surface area contributed by atoms with Gasteiger partial charge in [-0.3, -0.25) is 0 Å². The lowest BCUT2D eigenvalue weighted by atomic mass is 9.51. The first-order chi connectivity index (χ1) is 15.3. The summed E-state index contributed by atoms with van der Waals surface area (Å²) in [5.41, 5.74) is 5.98. The second kappa shape index (κ2) is 7.79. The molecule has 2 saturated carbocycles. The van der Waals surface area contributed by atoms with Crippen LogP contribution in [0, 0.1) is 29.1 Å². The highest BCUT2D eigenvalue weighted by Crippen LogP contribution is 2.66. The van der Waals surface area contributed by atoms with E-state index < -0.39 is 5.60 Å². The van der Waals surface area contributed by atoms with Gasteiger partial charge < -0.3 is 15.1 Å². The first kappa shape index (κ1) is 21.8. The number of nitrogens with zero attached hydrogens (tertiary/aromatic N) is 1. The highest BCUT2D eigenvalue weighted by atomic mass is 16.3. The summed E-state index contributed by atoms with van der Waals surface area (Å²) in [5.74, 6) is 7.58. The van der Waals surface area contributed by atoms with Crippen LogP contribution in [-0.4, -0.2) is 36.0 Å². The van der Waals surface area contributed by atoms with Gasteiger partial charge in [0.05, 0.1) is 6.10 Å². The molecule has 0 aromatic heterocycles. The molecular weight excluding hydrogens is 394 g/mol. The van der Waals surface area contributed by atoms with E-state index in [0.717, 1.165) is 44.9 Å². The van der Waals surface area contributed by atoms with Crippen LogP contribution in [0.15, 0.2) is 47.1 Å². The predicted molar refractivity (Wildman–Crippen MR) is 130 cm³/mol.